The lowest BCUT2D eigenvalue weighted by Crippen LogP contribution is -2.36. The number of hydrogen-bond donors (Lipinski definition) is 1. The van der Waals surface area contributed by atoms with Gasteiger partial charge in [-0.25, -0.2) is 0 Å². The van der Waals surface area contributed by atoms with Gasteiger partial charge >= 0.3 is 6.18 Å². The van der Waals surface area contributed by atoms with Crippen LogP contribution in [-0.2, 0) is 7.05 Å². The van der Waals surface area contributed by atoms with E-state index in [4.69, 9.17) is 11.6 Å². The standard InChI is InChI=1S/C10H12ClF3N2O2/c1-15(2)9(10(12,13)14)6-8(18)7(17)5(11)4-16(6)3/h4,9,18H,1-3H3. The molecule has 1 atom stereocenters. The molecule has 0 aliphatic heterocycles. The van der Waals surface area contributed by atoms with Crippen molar-refractivity contribution in [1.82, 2.24) is 9.47 Å². The smallest absolute Gasteiger partial charge is 0.409 e. The van der Waals surface area contributed by atoms with E-state index in [0.29, 0.717) is 0 Å². The molecule has 0 saturated carbocycles. The van der Waals surface area contributed by atoms with Crippen LogP contribution in [0.5, 0.6) is 5.75 Å². The third kappa shape index (κ3) is 2.62. The Balaban J connectivity index is 3.58. The van der Waals surface area contributed by atoms with E-state index in [0.717, 1.165) is 15.7 Å². The van der Waals surface area contributed by atoms with Crippen LogP contribution in [0.2, 0.25) is 5.02 Å². The van der Waals surface area contributed by atoms with Gasteiger partial charge in [0.15, 0.2) is 11.8 Å². The Labute approximate surface area is 106 Å². The van der Waals surface area contributed by atoms with Gasteiger partial charge in [-0.15, -0.1) is 0 Å². The Hall–Kier alpha value is -1.21. The minimum absolute atomic E-state index is 0.335. The molecule has 0 aliphatic rings. The Bertz CT molecular complexity index is 511. The molecule has 0 fully saturated rings. The van der Waals surface area contributed by atoms with Gasteiger partial charge in [-0.1, -0.05) is 11.6 Å². The summed E-state index contributed by atoms with van der Waals surface area (Å²) in [6.07, 6.45) is -3.58. The van der Waals surface area contributed by atoms with Crippen LogP contribution >= 0.6 is 11.6 Å². The summed E-state index contributed by atoms with van der Waals surface area (Å²) in [4.78, 5) is 12.3. The minimum atomic E-state index is -4.63. The molecule has 0 spiro atoms. The molecule has 1 rings (SSSR count). The number of nitrogens with zero attached hydrogens (tertiary/aromatic N) is 2. The molecule has 0 bridgehead atoms. The second-order valence-electron chi connectivity index (χ2n) is 4.06. The van der Waals surface area contributed by atoms with Gasteiger partial charge in [-0.05, 0) is 14.1 Å². The third-order valence-electron chi connectivity index (χ3n) is 2.45. The van der Waals surface area contributed by atoms with Crippen molar-refractivity contribution in [1.29, 1.82) is 0 Å². The first-order valence-electron chi connectivity index (χ1n) is 4.88. The lowest BCUT2D eigenvalue weighted by molar-refractivity contribution is -0.181. The molecule has 18 heavy (non-hydrogen) atoms. The summed E-state index contributed by atoms with van der Waals surface area (Å²) in [5, 5.41) is 9.26. The molecule has 0 saturated heterocycles. The fourth-order valence-electron chi connectivity index (χ4n) is 1.71. The monoisotopic (exact) mass is 284 g/mol. The zero-order valence-electron chi connectivity index (χ0n) is 9.92. The average molecular weight is 285 g/mol. The predicted octanol–water partition coefficient (Wildman–Crippen LogP) is 1.91. The van der Waals surface area contributed by atoms with Gasteiger partial charge in [0.05, 0.1) is 5.69 Å². The van der Waals surface area contributed by atoms with Crippen molar-refractivity contribution in [2.45, 2.75) is 12.2 Å². The Morgan fingerprint density at radius 1 is 1.44 bits per heavy atom. The first kappa shape index (κ1) is 14.8. The summed E-state index contributed by atoms with van der Waals surface area (Å²) in [5.41, 5.74) is -1.55. The highest BCUT2D eigenvalue weighted by molar-refractivity contribution is 6.30. The number of aryl methyl sites for hydroxylation is 1. The van der Waals surface area contributed by atoms with E-state index >= 15 is 0 Å². The Morgan fingerprint density at radius 2 is 1.94 bits per heavy atom. The Kier molecular flexibility index (Phi) is 3.97. The first-order valence-corrected chi connectivity index (χ1v) is 5.26. The molecule has 8 heteroatoms. The van der Waals surface area contributed by atoms with Crippen molar-refractivity contribution < 1.29 is 18.3 Å². The van der Waals surface area contributed by atoms with Crippen molar-refractivity contribution in [3.05, 3.63) is 27.1 Å². The van der Waals surface area contributed by atoms with Gasteiger partial charge < -0.3 is 9.67 Å². The van der Waals surface area contributed by atoms with Crippen molar-refractivity contribution in [3.8, 4) is 5.75 Å². The van der Waals surface area contributed by atoms with Crippen LogP contribution in [0.15, 0.2) is 11.0 Å². The molecule has 1 heterocycles. The molecule has 1 N–H and O–H groups in total. The second-order valence-corrected chi connectivity index (χ2v) is 4.47. The summed E-state index contributed by atoms with van der Waals surface area (Å²) in [6, 6.07) is -2.09. The highest BCUT2D eigenvalue weighted by Crippen LogP contribution is 2.38. The topological polar surface area (TPSA) is 45.5 Å². The van der Waals surface area contributed by atoms with E-state index in [-0.39, 0.29) is 5.02 Å². The van der Waals surface area contributed by atoms with E-state index in [1.54, 1.807) is 0 Å². The molecule has 1 aromatic heterocycles. The maximum Gasteiger partial charge on any atom is 0.409 e. The molecule has 102 valence electrons. The fraction of sp³-hybridized carbons (Fsp3) is 0.500. The lowest BCUT2D eigenvalue weighted by Gasteiger charge is -2.28. The zero-order chi connectivity index (χ0) is 14.2. The highest BCUT2D eigenvalue weighted by atomic mass is 35.5. The fourth-order valence-corrected chi connectivity index (χ4v) is 1.95. The van der Waals surface area contributed by atoms with Crippen molar-refractivity contribution in [2.24, 2.45) is 7.05 Å². The van der Waals surface area contributed by atoms with Gasteiger partial charge in [-0.3, -0.25) is 9.69 Å². The van der Waals surface area contributed by atoms with Gasteiger partial charge in [0.25, 0.3) is 0 Å². The predicted molar refractivity (Wildman–Crippen MR) is 60.8 cm³/mol. The van der Waals surface area contributed by atoms with Crippen LogP contribution in [0.1, 0.15) is 11.7 Å². The molecule has 1 unspecified atom stereocenters. The molecule has 0 aliphatic carbocycles. The van der Waals surface area contributed by atoms with Crippen LogP contribution in [0.4, 0.5) is 13.2 Å². The van der Waals surface area contributed by atoms with Gasteiger partial charge in [0.2, 0.25) is 5.43 Å². The first-order chi connectivity index (χ1) is 8.07. The largest absolute Gasteiger partial charge is 0.503 e. The summed E-state index contributed by atoms with van der Waals surface area (Å²) >= 11 is 5.50. The normalized spacial score (nSPS) is 14.0. The van der Waals surface area contributed by atoms with E-state index in [1.165, 1.54) is 21.1 Å². The molecule has 0 radical (unpaired) electrons. The van der Waals surface area contributed by atoms with Crippen molar-refractivity contribution in [2.75, 3.05) is 14.1 Å². The van der Waals surface area contributed by atoms with Crippen LogP contribution in [0.25, 0.3) is 0 Å². The van der Waals surface area contributed by atoms with Gasteiger partial charge in [0.1, 0.15) is 5.02 Å². The van der Waals surface area contributed by atoms with Crippen LogP contribution in [-0.4, -0.2) is 34.8 Å². The minimum Gasteiger partial charge on any atom is -0.503 e. The number of alkyl halides is 3. The number of aromatic hydroxyl groups is 1. The number of aromatic nitrogens is 1. The van der Waals surface area contributed by atoms with Crippen molar-refractivity contribution >= 4 is 11.6 Å². The number of halogens is 4. The number of hydrogen-bond acceptors (Lipinski definition) is 3. The number of pyridine rings is 1. The SMILES string of the molecule is CN(C)C(c1c(O)c(=O)c(Cl)cn1C)C(F)(F)F. The van der Waals surface area contributed by atoms with Crippen LogP contribution in [0, 0.1) is 0 Å². The van der Waals surface area contributed by atoms with Crippen LogP contribution in [0.3, 0.4) is 0 Å². The molecule has 0 aromatic carbocycles. The third-order valence-corrected chi connectivity index (χ3v) is 2.72. The van der Waals surface area contributed by atoms with E-state index in [1.807, 2.05) is 0 Å². The van der Waals surface area contributed by atoms with Crippen LogP contribution < -0.4 is 5.43 Å². The molecule has 1 aromatic rings. The molecular formula is C10H12ClF3N2O2. The summed E-state index contributed by atoms with van der Waals surface area (Å²) < 4.78 is 39.8. The summed E-state index contributed by atoms with van der Waals surface area (Å²) in [6.45, 7) is 0. The molecular weight excluding hydrogens is 273 g/mol. The average Bonchev–Trinajstić information content (AvgIpc) is 2.18. The molecule has 0 amide bonds. The maximum atomic E-state index is 12.9. The van der Waals surface area contributed by atoms with Crippen molar-refractivity contribution in [3.63, 3.8) is 0 Å². The summed E-state index contributed by atoms with van der Waals surface area (Å²) in [5.74, 6) is -0.985. The van der Waals surface area contributed by atoms with E-state index in [2.05, 4.69) is 0 Å². The Morgan fingerprint density at radius 3 is 2.33 bits per heavy atom. The second kappa shape index (κ2) is 4.81. The van der Waals surface area contributed by atoms with Gasteiger partial charge in [0, 0.05) is 13.2 Å². The quantitative estimate of drug-likeness (QED) is 0.902. The zero-order valence-corrected chi connectivity index (χ0v) is 10.7. The lowest BCUT2D eigenvalue weighted by atomic mass is 10.1. The molecule has 4 nitrogen and oxygen atoms in total. The number of rotatable bonds is 2. The summed E-state index contributed by atoms with van der Waals surface area (Å²) in [7, 11) is 3.69. The van der Waals surface area contributed by atoms with E-state index in [9.17, 15) is 23.1 Å². The maximum absolute atomic E-state index is 12.9. The highest BCUT2D eigenvalue weighted by Gasteiger charge is 2.45. The van der Waals surface area contributed by atoms with E-state index < -0.39 is 29.1 Å². The van der Waals surface area contributed by atoms with Gasteiger partial charge in [-0.2, -0.15) is 13.2 Å².